The van der Waals surface area contributed by atoms with Crippen LogP contribution in [0.25, 0.3) is 65.4 Å². The molecule has 7 aromatic rings. The molecule has 0 saturated heterocycles. The molecule has 0 fully saturated rings. The van der Waals surface area contributed by atoms with E-state index in [4.69, 9.17) is 0 Å². The summed E-state index contributed by atoms with van der Waals surface area (Å²) < 4.78 is 6.75. The highest BCUT2D eigenvalue weighted by molar-refractivity contribution is 6.34. The molecule has 7 rings (SSSR count). The van der Waals surface area contributed by atoms with E-state index in [1.165, 1.54) is 65.4 Å². The number of aromatic nitrogens is 3. The fourth-order valence-electron chi connectivity index (χ4n) is 5.10. The van der Waals surface area contributed by atoms with Crippen LogP contribution in [0.1, 0.15) is 0 Å². The predicted molar refractivity (Wildman–Crippen MR) is 129 cm³/mol. The highest BCUT2D eigenvalue weighted by Gasteiger charge is 2.17. The highest BCUT2D eigenvalue weighted by atomic mass is 27.1. The van der Waals surface area contributed by atoms with Crippen molar-refractivity contribution in [2.45, 2.75) is 0 Å². The van der Waals surface area contributed by atoms with Crippen molar-refractivity contribution in [3.05, 3.63) is 72.8 Å². The molecule has 0 bridgehead atoms. The van der Waals surface area contributed by atoms with E-state index in [9.17, 15) is 0 Å². The van der Waals surface area contributed by atoms with Crippen LogP contribution in [0.5, 0.6) is 0 Å². The number of hydrogen-bond acceptors (Lipinski definition) is 0. The van der Waals surface area contributed by atoms with Gasteiger partial charge in [-0.05, 0) is 24.3 Å². The summed E-state index contributed by atoms with van der Waals surface area (Å²) in [4.78, 5) is 0. The molecule has 3 heterocycles. The Balaban J connectivity index is 1.74. The van der Waals surface area contributed by atoms with Gasteiger partial charge in [-0.25, -0.2) is 0 Å². The lowest BCUT2D eigenvalue weighted by Gasteiger charge is -2.06. The Morgan fingerprint density at radius 1 is 0.400 bits per heavy atom. The quantitative estimate of drug-likeness (QED) is 0.311. The zero-order chi connectivity index (χ0) is 20.1. The maximum atomic E-state index is 2.95. The van der Waals surface area contributed by atoms with Gasteiger partial charge in [-0.2, -0.15) is 0 Å². The zero-order valence-electron chi connectivity index (χ0n) is 16.0. The number of rotatable bonds is 0. The largest absolute Gasteiger partial charge is 0.452 e. The Labute approximate surface area is 197 Å². The van der Waals surface area contributed by atoms with Crippen molar-refractivity contribution >= 4 is 115 Å². The monoisotopic (exact) mass is 423 g/mol. The van der Waals surface area contributed by atoms with E-state index in [0.29, 0.717) is 0 Å². The van der Waals surface area contributed by atoms with Crippen LogP contribution in [0.4, 0.5) is 0 Å². The molecule has 6 heteroatoms. The van der Waals surface area contributed by atoms with Crippen LogP contribution in [0.15, 0.2) is 72.8 Å². The van der Waals surface area contributed by atoms with Crippen molar-refractivity contribution in [3.8, 4) is 0 Å². The molecule has 0 amide bonds. The fourth-order valence-corrected chi connectivity index (χ4v) is 6.50. The van der Waals surface area contributed by atoms with Crippen LogP contribution in [0.2, 0.25) is 0 Å². The molecule has 0 unspecified atom stereocenters. The van der Waals surface area contributed by atoms with Gasteiger partial charge in [0.25, 0.3) is 0 Å². The second-order valence-electron chi connectivity index (χ2n) is 7.89. The second-order valence-corrected chi connectivity index (χ2v) is 9.44. The molecule has 3 nitrogen and oxygen atoms in total. The number of fused-ring (bicyclic) bond motifs is 10. The molecule has 6 radical (unpaired) electrons. The molecule has 4 aromatic carbocycles. The summed E-state index contributed by atoms with van der Waals surface area (Å²) in [5.74, 6) is 0. The van der Waals surface area contributed by atoms with Gasteiger partial charge in [0.15, 0.2) is 0 Å². The number of hydrogen-bond donors (Lipinski definition) is 0. The lowest BCUT2D eigenvalue weighted by molar-refractivity contribution is 1.35. The standard InChI is InChI=1S/C24H12N3.3Al/c1-4-8-20-13(5-1)15-9-10-16-18-12-21-17(14-6-2-3-7-19(14)25-21)11-22(18)27-24(16)23(15)26-20;;;/h1-12H;;;/q-3;3*+1. The first kappa shape index (κ1) is 17.5. The average molecular weight is 423 g/mol. The average Bonchev–Trinajstić information content (AvgIpc) is 3.35. The van der Waals surface area contributed by atoms with Gasteiger partial charge in [-0.3, -0.25) is 0 Å². The van der Waals surface area contributed by atoms with Crippen molar-refractivity contribution < 1.29 is 0 Å². The lowest BCUT2D eigenvalue weighted by atomic mass is 10.1. The summed E-state index contributed by atoms with van der Waals surface area (Å²) in [7, 11) is 0. The van der Waals surface area contributed by atoms with Crippen LogP contribution in [-0.4, -0.2) is 60.2 Å². The molecule has 0 aliphatic heterocycles. The van der Waals surface area contributed by atoms with Gasteiger partial charge in [0.05, 0.1) is 0 Å². The van der Waals surface area contributed by atoms with Gasteiger partial charge in [0, 0.05) is 65.4 Å². The first-order valence-corrected chi connectivity index (χ1v) is 11.4. The molecule has 0 aliphatic carbocycles. The van der Waals surface area contributed by atoms with E-state index in [1.54, 1.807) is 0 Å². The Bertz CT molecular complexity index is 1840. The summed E-state index contributed by atoms with van der Waals surface area (Å²) >= 11 is 8.75. The van der Waals surface area contributed by atoms with Crippen LogP contribution in [0, 0.1) is 0 Å². The molecule has 30 heavy (non-hydrogen) atoms. The molecule has 0 aliphatic rings. The molecule has 0 atom stereocenters. The third-order valence-electron chi connectivity index (χ3n) is 6.46. The third kappa shape index (κ3) is 2.03. The molecule has 0 spiro atoms. The zero-order valence-corrected chi connectivity index (χ0v) is 19.5. The fraction of sp³-hybridized carbons (Fsp3) is 0. The van der Waals surface area contributed by atoms with Gasteiger partial charge in [0.2, 0.25) is 0 Å². The molecular formula is C24H12Al3N3. The minimum Gasteiger partial charge on any atom is -0.452 e. The first-order chi connectivity index (χ1) is 14.6. The highest BCUT2D eigenvalue weighted by Crippen LogP contribution is 2.40. The van der Waals surface area contributed by atoms with Crippen LogP contribution in [0.3, 0.4) is 0 Å². The van der Waals surface area contributed by atoms with Crippen molar-refractivity contribution in [1.82, 2.24) is 10.7 Å². The maximum Gasteiger partial charge on any atom is 0.318 e. The molecule has 132 valence electrons. The Morgan fingerprint density at radius 3 is 1.50 bits per heavy atom. The van der Waals surface area contributed by atoms with Gasteiger partial charge >= 0.3 is 49.5 Å². The first-order valence-electron chi connectivity index (χ1n) is 9.84. The molecule has 3 aromatic heterocycles. The van der Waals surface area contributed by atoms with Gasteiger partial charge in [-0.1, -0.05) is 48.5 Å². The smallest absolute Gasteiger partial charge is 0.318 e. The summed E-state index contributed by atoms with van der Waals surface area (Å²) in [6.07, 6.45) is 0. The Morgan fingerprint density at radius 2 is 0.833 bits per heavy atom. The van der Waals surface area contributed by atoms with Crippen molar-refractivity contribution in [1.29, 1.82) is 0 Å². The van der Waals surface area contributed by atoms with Crippen LogP contribution < -0.4 is 0 Å². The lowest BCUT2D eigenvalue weighted by Crippen LogP contribution is -1.96. The van der Waals surface area contributed by atoms with Gasteiger partial charge in [0.1, 0.15) is 0 Å². The normalized spacial score (nSPS) is 12.4. The number of para-hydroxylation sites is 2. The van der Waals surface area contributed by atoms with E-state index >= 15 is 0 Å². The van der Waals surface area contributed by atoms with Crippen molar-refractivity contribution in [2.24, 2.45) is 0 Å². The summed E-state index contributed by atoms with van der Waals surface area (Å²) in [5, 5.41) is 7.68. The van der Waals surface area contributed by atoms with Crippen molar-refractivity contribution in [3.63, 3.8) is 0 Å². The van der Waals surface area contributed by atoms with E-state index < -0.39 is 0 Å². The Hall–Kier alpha value is -2.12. The molecule has 0 N–H and O–H groups in total. The second kappa shape index (κ2) is 5.98. The minimum atomic E-state index is 1.23. The van der Waals surface area contributed by atoms with Crippen molar-refractivity contribution in [2.75, 3.05) is 0 Å². The SMILES string of the molecule is [Al][n]1c2ccccc2c2cc3c(cc21)c1ccc2c4ccccc4[n]([Al])c2c1[n]3[Al]. The third-order valence-corrected chi connectivity index (χ3v) is 8.09. The summed E-state index contributed by atoms with van der Waals surface area (Å²) in [5.41, 5.74) is 7.41. The van der Waals surface area contributed by atoms with E-state index in [0.717, 1.165) is 0 Å². The molecule has 0 saturated carbocycles. The Kier molecular flexibility index (Phi) is 3.50. The van der Waals surface area contributed by atoms with E-state index in [1.807, 2.05) is 0 Å². The van der Waals surface area contributed by atoms with E-state index in [2.05, 4.69) is 133 Å². The molecular weight excluding hydrogens is 411 g/mol. The number of nitrogens with zero attached hydrogens (tertiary/aromatic N) is 3. The van der Waals surface area contributed by atoms with Gasteiger partial charge in [-0.15, -0.1) is 0 Å². The summed E-state index contributed by atoms with van der Waals surface area (Å²) in [6.45, 7) is 0. The maximum absolute atomic E-state index is 2.95. The van der Waals surface area contributed by atoms with Crippen LogP contribution in [-0.2, 0) is 0 Å². The van der Waals surface area contributed by atoms with Gasteiger partial charge < -0.3 is 10.7 Å². The predicted octanol–water partition coefficient (Wildman–Crippen LogP) is 4.81. The minimum absolute atomic E-state index is 1.23. The van der Waals surface area contributed by atoms with E-state index in [-0.39, 0.29) is 0 Å². The van der Waals surface area contributed by atoms with Crippen LogP contribution >= 0.6 is 0 Å². The number of benzene rings is 4. The summed E-state index contributed by atoms with van der Waals surface area (Å²) in [6, 6.07) is 26.4. The topological polar surface area (TPSA) is 14.8 Å².